The molecule has 80 valence electrons. The molecule has 0 spiro atoms. The largest absolute Gasteiger partial charge is 0.389 e. The molecule has 0 fully saturated rings. The van der Waals surface area contributed by atoms with Crippen LogP contribution in [-0.2, 0) is 6.54 Å². The van der Waals surface area contributed by atoms with Crippen LogP contribution in [0.2, 0.25) is 4.34 Å². The lowest BCUT2D eigenvalue weighted by Gasteiger charge is -2.24. The summed E-state index contributed by atoms with van der Waals surface area (Å²) < 4.78 is 4.36. The van der Waals surface area contributed by atoms with Crippen molar-refractivity contribution in [3.63, 3.8) is 0 Å². The van der Waals surface area contributed by atoms with Gasteiger partial charge in [-0.2, -0.15) is 0 Å². The minimum Gasteiger partial charge on any atom is -0.389 e. The zero-order chi connectivity index (χ0) is 10.8. The van der Waals surface area contributed by atoms with Crippen LogP contribution in [0.5, 0.6) is 0 Å². The van der Waals surface area contributed by atoms with Gasteiger partial charge in [-0.15, -0.1) is 5.10 Å². The molecule has 0 atom stereocenters. The zero-order valence-corrected chi connectivity index (χ0v) is 10.1. The average molecular weight is 236 g/mol. The molecule has 1 aromatic heterocycles. The summed E-state index contributed by atoms with van der Waals surface area (Å²) in [5.74, 6) is 0. The number of hydrogen-bond donors (Lipinski definition) is 1. The first-order valence-corrected chi connectivity index (χ1v) is 5.41. The van der Waals surface area contributed by atoms with E-state index in [2.05, 4.69) is 9.59 Å². The molecule has 0 radical (unpaired) electrons. The SMILES string of the molecule is CN(Cc1nnsc1Cl)CC(C)(C)O. The van der Waals surface area contributed by atoms with Crippen LogP contribution in [0.15, 0.2) is 0 Å². The lowest BCUT2D eigenvalue weighted by Crippen LogP contribution is -2.35. The van der Waals surface area contributed by atoms with Gasteiger partial charge in [-0.05, 0) is 20.9 Å². The van der Waals surface area contributed by atoms with Crippen LogP contribution in [0.25, 0.3) is 0 Å². The second kappa shape index (κ2) is 4.53. The Morgan fingerprint density at radius 3 is 2.64 bits per heavy atom. The second-order valence-corrected chi connectivity index (χ2v) is 5.33. The molecule has 0 aliphatic carbocycles. The Kier molecular flexibility index (Phi) is 3.83. The summed E-state index contributed by atoms with van der Waals surface area (Å²) >= 11 is 7.04. The molecule has 0 saturated heterocycles. The minimum atomic E-state index is -0.704. The Balaban J connectivity index is 2.50. The fourth-order valence-corrected chi connectivity index (χ4v) is 1.88. The lowest BCUT2D eigenvalue weighted by atomic mass is 10.1. The molecule has 4 nitrogen and oxygen atoms in total. The van der Waals surface area contributed by atoms with Crippen molar-refractivity contribution in [3.05, 3.63) is 10.0 Å². The second-order valence-electron chi connectivity index (χ2n) is 3.98. The first-order valence-electron chi connectivity index (χ1n) is 4.26. The number of hydrogen-bond acceptors (Lipinski definition) is 5. The lowest BCUT2D eigenvalue weighted by molar-refractivity contribution is 0.0421. The third-order valence-corrected chi connectivity index (χ3v) is 2.57. The molecule has 1 rings (SSSR count). The average Bonchev–Trinajstić information content (AvgIpc) is 2.32. The summed E-state index contributed by atoms with van der Waals surface area (Å²) in [5, 5.41) is 13.5. The third-order valence-electron chi connectivity index (χ3n) is 1.59. The van der Waals surface area contributed by atoms with Crippen molar-refractivity contribution < 1.29 is 5.11 Å². The Bertz CT molecular complexity index is 297. The fraction of sp³-hybridized carbons (Fsp3) is 0.750. The summed E-state index contributed by atoms with van der Waals surface area (Å²) in [6.07, 6.45) is 0. The van der Waals surface area contributed by atoms with Crippen LogP contribution < -0.4 is 0 Å². The quantitative estimate of drug-likeness (QED) is 0.857. The predicted molar refractivity (Wildman–Crippen MR) is 57.6 cm³/mol. The summed E-state index contributed by atoms with van der Waals surface area (Å²) in [7, 11) is 1.91. The van der Waals surface area contributed by atoms with Crippen LogP contribution in [0.1, 0.15) is 19.5 Å². The molecule has 6 heteroatoms. The Labute approximate surface area is 92.7 Å². The standard InChI is InChI=1S/C8H14ClN3OS/c1-8(2,13)5-12(3)4-6-7(9)14-11-10-6/h13H,4-5H2,1-3H3. The Morgan fingerprint density at radius 2 is 2.21 bits per heavy atom. The van der Waals surface area contributed by atoms with Gasteiger partial charge in [-0.3, -0.25) is 4.90 Å². The van der Waals surface area contributed by atoms with E-state index in [4.69, 9.17) is 11.6 Å². The third kappa shape index (κ3) is 3.88. The smallest absolute Gasteiger partial charge is 0.138 e. The van der Waals surface area contributed by atoms with E-state index in [0.29, 0.717) is 17.4 Å². The number of rotatable bonds is 4. The molecule has 1 heterocycles. The first-order chi connectivity index (χ1) is 6.38. The molecule has 0 amide bonds. The number of likely N-dealkylation sites (N-methyl/N-ethyl adjacent to an activating group) is 1. The van der Waals surface area contributed by atoms with E-state index >= 15 is 0 Å². The predicted octanol–water partition coefficient (Wildman–Crippen LogP) is 1.39. The van der Waals surface area contributed by atoms with Crippen molar-refractivity contribution in [2.75, 3.05) is 13.6 Å². The summed E-state index contributed by atoms with van der Waals surface area (Å²) in [4.78, 5) is 1.96. The van der Waals surface area contributed by atoms with Crippen LogP contribution in [0.3, 0.4) is 0 Å². The van der Waals surface area contributed by atoms with E-state index in [-0.39, 0.29) is 0 Å². The van der Waals surface area contributed by atoms with Crippen molar-refractivity contribution in [3.8, 4) is 0 Å². The molecule has 0 aliphatic rings. The number of aromatic nitrogens is 2. The van der Waals surface area contributed by atoms with Gasteiger partial charge in [-0.25, -0.2) is 0 Å². The minimum absolute atomic E-state index is 0.570. The van der Waals surface area contributed by atoms with E-state index in [1.54, 1.807) is 13.8 Å². The molecule has 1 N–H and O–H groups in total. The van der Waals surface area contributed by atoms with E-state index in [9.17, 15) is 5.11 Å². The van der Waals surface area contributed by atoms with Gasteiger partial charge in [0.2, 0.25) is 0 Å². The van der Waals surface area contributed by atoms with Crippen LogP contribution in [0, 0.1) is 0 Å². The molecular weight excluding hydrogens is 222 g/mol. The highest BCUT2D eigenvalue weighted by molar-refractivity contribution is 7.10. The van der Waals surface area contributed by atoms with E-state index < -0.39 is 5.60 Å². The molecular formula is C8H14ClN3OS. The maximum atomic E-state index is 9.58. The maximum Gasteiger partial charge on any atom is 0.138 e. The normalized spacial score (nSPS) is 12.4. The highest BCUT2D eigenvalue weighted by atomic mass is 35.5. The summed E-state index contributed by atoms with van der Waals surface area (Å²) in [6.45, 7) is 4.72. The van der Waals surface area contributed by atoms with Gasteiger partial charge in [0.15, 0.2) is 0 Å². The van der Waals surface area contributed by atoms with Crippen molar-refractivity contribution >= 4 is 23.1 Å². The van der Waals surface area contributed by atoms with Crippen LogP contribution in [0.4, 0.5) is 0 Å². The summed E-state index contributed by atoms with van der Waals surface area (Å²) in [6, 6.07) is 0. The van der Waals surface area contributed by atoms with Gasteiger partial charge in [0.05, 0.1) is 5.60 Å². The zero-order valence-electron chi connectivity index (χ0n) is 8.49. The molecule has 0 aliphatic heterocycles. The van der Waals surface area contributed by atoms with Gasteiger partial charge < -0.3 is 5.11 Å². The van der Waals surface area contributed by atoms with Crippen molar-refractivity contribution in [1.82, 2.24) is 14.5 Å². The molecule has 0 aromatic carbocycles. The van der Waals surface area contributed by atoms with Crippen molar-refractivity contribution in [2.45, 2.75) is 26.0 Å². The maximum absolute atomic E-state index is 9.58. The molecule has 0 saturated carbocycles. The number of halogens is 1. The molecule has 0 bridgehead atoms. The van der Waals surface area contributed by atoms with Crippen LogP contribution in [-0.4, -0.2) is 38.8 Å². The van der Waals surface area contributed by atoms with Crippen molar-refractivity contribution in [1.29, 1.82) is 0 Å². The van der Waals surface area contributed by atoms with E-state index in [1.807, 2.05) is 11.9 Å². The Hall–Kier alpha value is -0.230. The van der Waals surface area contributed by atoms with Gasteiger partial charge in [0.1, 0.15) is 10.0 Å². The Morgan fingerprint density at radius 1 is 1.57 bits per heavy atom. The molecule has 1 aromatic rings. The van der Waals surface area contributed by atoms with Gasteiger partial charge in [-0.1, -0.05) is 16.1 Å². The molecule has 0 unspecified atom stereocenters. The van der Waals surface area contributed by atoms with E-state index in [1.165, 1.54) is 11.5 Å². The fourth-order valence-electron chi connectivity index (χ4n) is 1.26. The highest BCUT2D eigenvalue weighted by Crippen LogP contribution is 2.18. The summed E-state index contributed by atoms with van der Waals surface area (Å²) in [5.41, 5.74) is 0.0634. The van der Waals surface area contributed by atoms with Gasteiger partial charge in [0.25, 0.3) is 0 Å². The van der Waals surface area contributed by atoms with Crippen molar-refractivity contribution in [2.24, 2.45) is 0 Å². The number of nitrogens with zero attached hydrogens (tertiary/aromatic N) is 3. The van der Waals surface area contributed by atoms with Gasteiger partial charge >= 0.3 is 0 Å². The first kappa shape index (κ1) is 11.8. The highest BCUT2D eigenvalue weighted by Gasteiger charge is 2.17. The monoisotopic (exact) mass is 235 g/mol. The molecule has 14 heavy (non-hydrogen) atoms. The van der Waals surface area contributed by atoms with E-state index in [0.717, 1.165) is 5.69 Å². The number of aliphatic hydroxyl groups is 1. The topological polar surface area (TPSA) is 49.2 Å². The van der Waals surface area contributed by atoms with Crippen LogP contribution >= 0.6 is 23.1 Å². The van der Waals surface area contributed by atoms with Gasteiger partial charge in [0, 0.05) is 24.6 Å².